The van der Waals surface area contributed by atoms with Crippen LogP contribution < -0.4 is 0 Å². The number of allylic oxidation sites excluding steroid dienone is 5. The molecule has 4 atom stereocenters. The number of hydrogen-bond donors (Lipinski definition) is 4. The number of ether oxygens (including phenoxy) is 3. The fourth-order valence-corrected chi connectivity index (χ4v) is 4.22. The van der Waals surface area contributed by atoms with Crippen LogP contribution in [0.5, 0.6) is 0 Å². The second kappa shape index (κ2) is 14.0. The topological polar surface area (TPSA) is 82.1 Å². The molecule has 0 aromatic rings. The summed E-state index contributed by atoms with van der Waals surface area (Å²) in [5, 5.41) is 9.06. The number of esters is 1. The molecule has 6 nitrogen and oxygen atoms in total. The van der Waals surface area contributed by atoms with Gasteiger partial charge in [0.15, 0.2) is 11.9 Å². The van der Waals surface area contributed by atoms with Crippen LogP contribution in [-0.4, -0.2) is 48.5 Å². The molecule has 0 bridgehead atoms. The standard InChI is InChI=1S/C22H32O6S3/c1-5-7-14(24)12-16(30)9-6-8-15(29)10-11-17-19(28-13(2)23)21(27-4)20(26-3)18(25)22(17)31/h5,7,9-10,14,17,19,22,24,29-31H,6,8,11-12H2,1-4H3/b7-5+,15-10-,16-9-/t14-,17+,19-,22-/m1/s1. The van der Waals surface area contributed by atoms with E-state index in [0.29, 0.717) is 25.7 Å². The third-order valence-corrected chi connectivity index (χ3v) is 6.11. The Labute approximate surface area is 201 Å². The minimum atomic E-state index is -0.785. The highest BCUT2D eigenvalue weighted by Crippen LogP contribution is 2.36. The molecule has 1 aliphatic rings. The molecular weight excluding hydrogens is 456 g/mol. The molecule has 174 valence electrons. The number of methoxy groups -OCH3 is 2. The van der Waals surface area contributed by atoms with Gasteiger partial charge in [0.1, 0.15) is 0 Å². The van der Waals surface area contributed by atoms with E-state index < -0.39 is 29.3 Å². The van der Waals surface area contributed by atoms with E-state index in [1.807, 2.05) is 19.1 Å². The van der Waals surface area contributed by atoms with Crippen molar-refractivity contribution >= 4 is 49.6 Å². The van der Waals surface area contributed by atoms with E-state index in [0.717, 1.165) is 9.81 Å². The van der Waals surface area contributed by atoms with Crippen LogP contribution in [0.25, 0.3) is 0 Å². The zero-order valence-electron chi connectivity index (χ0n) is 18.3. The zero-order valence-corrected chi connectivity index (χ0v) is 21.0. The highest BCUT2D eigenvalue weighted by molar-refractivity contribution is 7.84. The third-order valence-electron chi connectivity index (χ3n) is 4.72. The summed E-state index contributed by atoms with van der Waals surface area (Å²) in [6.45, 7) is 3.15. The van der Waals surface area contributed by atoms with Crippen molar-refractivity contribution in [3.63, 3.8) is 0 Å². The van der Waals surface area contributed by atoms with Gasteiger partial charge in [-0.15, -0.1) is 25.3 Å². The van der Waals surface area contributed by atoms with Gasteiger partial charge in [-0.05, 0) is 36.0 Å². The van der Waals surface area contributed by atoms with Gasteiger partial charge in [-0.3, -0.25) is 9.59 Å². The molecule has 0 spiro atoms. The highest BCUT2D eigenvalue weighted by Gasteiger charge is 2.45. The lowest BCUT2D eigenvalue weighted by Gasteiger charge is -2.35. The van der Waals surface area contributed by atoms with Gasteiger partial charge < -0.3 is 19.3 Å². The molecule has 0 heterocycles. The van der Waals surface area contributed by atoms with Crippen LogP contribution in [0.2, 0.25) is 0 Å². The number of aliphatic hydroxyl groups is 1. The van der Waals surface area contributed by atoms with Gasteiger partial charge in [-0.1, -0.05) is 24.3 Å². The molecule has 31 heavy (non-hydrogen) atoms. The van der Waals surface area contributed by atoms with E-state index >= 15 is 0 Å². The quantitative estimate of drug-likeness (QED) is 0.200. The summed E-state index contributed by atoms with van der Waals surface area (Å²) < 4.78 is 16.0. The molecule has 1 aliphatic carbocycles. The number of carbonyl (C=O) groups is 2. The van der Waals surface area contributed by atoms with E-state index in [9.17, 15) is 14.7 Å². The molecule has 0 amide bonds. The Bertz CT molecular complexity index is 756. The van der Waals surface area contributed by atoms with E-state index in [1.165, 1.54) is 21.1 Å². The molecule has 0 unspecified atom stereocenters. The summed E-state index contributed by atoms with van der Waals surface area (Å²) in [5.74, 6) is -1.02. The van der Waals surface area contributed by atoms with Crippen molar-refractivity contribution in [2.24, 2.45) is 5.92 Å². The number of carbonyl (C=O) groups excluding carboxylic acids is 2. The lowest BCUT2D eigenvalue weighted by molar-refractivity contribution is -0.151. The second-order valence-corrected chi connectivity index (χ2v) is 8.77. The van der Waals surface area contributed by atoms with Crippen LogP contribution in [0.4, 0.5) is 0 Å². The minimum Gasteiger partial charge on any atom is -0.493 e. The van der Waals surface area contributed by atoms with Crippen molar-refractivity contribution in [1.82, 2.24) is 0 Å². The average Bonchev–Trinajstić information content (AvgIpc) is 2.69. The maximum absolute atomic E-state index is 12.6. The summed E-state index contributed by atoms with van der Waals surface area (Å²) in [4.78, 5) is 25.9. The van der Waals surface area contributed by atoms with E-state index in [-0.39, 0.29) is 17.3 Å². The maximum atomic E-state index is 12.6. The Balaban J connectivity index is 2.88. The predicted octanol–water partition coefficient (Wildman–Crippen LogP) is 4.04. The largest absolute Gasteiger partial charge is 0.493 e. The summed E-state index contributed by atoms with van der Waals surface area (Å²) in [6, 6.07) is 0. The van der Waals surface area contributed by atoms with Crippen LogP contribution in [-0.2, 0) is 23.8 Å². The first-order chi connectivity index (χ1) is 14.7. The van der Waals surface area contributed by atoms with Crippen molar-refractivity contribution in [3.05, 3.63) is 45.6 Å². The Morgan fingerprint density at radius 1 is 1.19 bits per heavy atom. The molecule has 0 fully saturated rings. The molecule has 0 aromatic carbocycles. The van der Waals surface area contributed by atoms with Crippen LogP contribution in [0.3, 0.4) is 0 Å². The Kier molecular flexibility index (Phi) is 12.5. The number of hydrogen-bond acceptors (Lipinski definition) is 9. The van der Waals surface area contributed by atoms with Crippen LogP contribution in [0.1, 0.15) is 39.5 Å². The number of Topliss-reactive ketones (excluding diaryl/α,β-unsaturated/α-hetero) is 1. The molecule has 0 radical (unpaired) electrons. The van der Waals surface area contributed by atoms with Crippen LogP contribution in [0, 0.1) is 5.92 Å². The second-order valence-electron chi connectivity index (χ2n) is 7.07. The van der Waals surface area contributed by atoms with Gasteiger partial charge >= 0.3 is 5.97 Å². The summed E-state index contributed by atoms with van der Waals surface area (Å²) in [6.07, 6.45) is 8.27. The van der Waals surface area contributed by atoms with E-state index in [4.69, 9.17) is 14.2 Å². The first kappa shape index (κ1) is 27.7. The Hall–Kier alpha value is -1.29. The summed E-state index contributed by atoms with van der Waals surface area (Å²) in [7, 11) is 2.77. The van der Waals surface area contributed by atoms with Crippen molar-refractivity contribution in [1.29, 1.82) is 0 Å². The van der Waals surface area contributed by atoms with Crippen LogP contribution in [0.15, 0.2) is 45.6 Å². The van der Waals surface area contributed by atoms with Crippen molar-refractivity contribution in [3.8, 4) is 0 Å². The van der Waals surface area contributed by atoms with Gasteiger partial charge in [0, 0.05) is 19.3 Å². The first-order valence-electron chi connectivity index (χ1n) is 9.94. The molecule has 1 rings (SSSR count). The monoisotopic (exact) mass is 488 g/mol. The van der Waals surface area contributed by atoms with Crippen molar-refractivity contribution in [2.75, 3.05) is 14.2 Å². The molecule has 0 saturated carbocycles. The number of rotatable bonds is 11. The fraction of sp³-hybridized carbons (Fsp3) is 0.545. The SMILES string of the molecule is C/C=C/[C@@H](O)C/C(S)=C/CC/C(S)=C/C[C@@H]1[C@@H](S)C(=O)C(OC)=C(OC)[C@@H]1OC(C)=O. The highest BCUT2D eigenvalue weighted by atomic mass is 32.1. The lowest BCUT2D eigenvalue weighted by atomic mass is 9.84. The molecule has 0 aromatic heterocycles. The number of ketones is 1. The lowest BCUT2D eigenvalue weighted by Crippen LogP contribution is -2.44. The number of thiol groups is 3. The maximum Gasteiger partial charge on any atom is 0.303 e. The molecular formula is C22H32O6S3. The summed E-state index contributed by atoms with van der Waals surface area (Å²) >= 11 is 13.4. The van der Waals surface area contributed by atoms with Crippen molar-refractivity contribution < 1.29 is 28.9 Å². The normalized spacial score (nSPS) is 23.9. The first-order valence-corrected chi connectivity index (χ1v) is 11.4. The van der Waals surface area contributed by atoms with Crippen molar-refractivity contribution in [2.45, 2.75) is 57.0 Å². The predicted molar refractivity (Wildman–Crippen MR) is 131 cm³/mol. The fourth-order valence-electron chi connectivity index (χ4n) is 3.27. The molecule has 9 heteroatoms. The van der Waals surface area contributed by atoms with Crippen LogP contribution >= 0.6 is 37.9 Å². The van der Waals surface area contributed by atoms with Gasteiger partial charge in [0.2, 0.25) is 11.5 Å². The Morgan fingerprint density at radius 2 is 1.87 bits per heavy atom. The van der Waals surface area contributed by atoms with E-state index in [1.54, 1.807) is 12.2 Å². The average molecular weight is 489 g/mol. The minimum absolute atomic E-state index is 0.0200. The molecule has 1 N–H and O–H groups in total. The van der Waals surface area contributed by atoms with E-state index in [2.05, 4.69) is 37.9 Å². The zero-order chi connectivity index (χ0) is 23.6. The molecule has 0 saturated heterocycles. The van der Waals surface area contributed by atoms with Gasteiger partial charge in [-0.2, -0.15) is 12.6 Å². The van der Waals surface area contributed by atoms with Gasteiger partial charge in [0.25, 0.3) is 0 Å². The summed E-state index contributed by atoms with van der Waals surface area (Å²) in [5.41, 5.74) is 0. The Morgan fingerprint density at radius 3 is 2.42 bits per heavy atom. The molecule has 0 aliphatic heterocycles. The smallest absolute Gasteiger partial charge is 0.303 e. The number of aliphatic hydroxyl groups excluding tert-OH is 1. The van der Waals surface area contributed by atoms with Gasteiger partial charge in [-0.25, -0.2) is 0 Å². The third kappa shape index (κ3) is 8.63. The van der Waals surface area contributed by atoms with Gasteiger partial charge in [0.05, 0.1) is 25.6 Å².